The van der Waals surface area contributed by atoms with Gasteiger partial charge >= 0.3 is 0 Å². The summed E-state index contributed by atoms with van der Waals surface area (Å²) in [5, 5.41) is 0. The standard InChI is InChI=1S/C12H26N2O/c1-12(2)11(5-7-13)6-9-14(12)8-4-10-15-3/h11H,4-10,13H2,1-3H3. The minimum Gasteiger partial charge on any atom is -0.385 e. The van der Waals surface area contributed by atoms with Crippen molar-refractivity contribution in [2.24, 2.45) is 11.7 Å². The SMILES string of the molecule is COCCCN1CCC(CCN)C1(C)C. The molecule has 1 heterocycles. The third kappa shape index (κ3) is 3.16. The van der Waals surface area contributed by atoms with Gasteiger partial charge in [0.05, 0.1) is 0 Å². The van der Waals surface area contributed by atoms with E-state index in [0.29, 0.717) is 5.54 Å². The Balaban J connectivity index is 2.40. The molecule has 0 aliphatic carbocycles. The van der Waals surface area contributed by atoms with Crippen molar-refractivity contribution < 1.29 is 4.74 Å². The molecule has 1 rings (SSSR count). The molecule has 15 heavy (non-hydrogen) atoms. The second kappa shape index (κ2) is 5.83. The Labute approximate surface area is 94.0 Å². The summed E-state index contributed by atoms with van der Waals surface area (Å²) in [7, 11) is 1.77. The summed E-state index contributed by atoms with van der Waals surface area (Å²) in [6.07, 6.45) is 3.60. The molecule has 2 N–H and O–H groups in total. The van der Waals surface area contributed by atoms with Crippen LogP contribution < -0.4 is 5.73 Å². The van der Waals surface area contributed by atoms with Gasteiger partial charge in [0.1, 0.15) is 0 Å². The topological polar surface area (TPSA) is 38.5 Å². The van der Waals surface area contributed by atoms with Gasteiger partial charge in [0, 0.05) is 25.8 Å². The Bertz CT molecular complexity index is 182. The molecule has 3 nitrogen and oxygen atoms in total. The van der Waals surface area contributed by atoms with Crippen molar-refractivity contribution in [3.05, 3.63) is 0 Å². The van der Waals surface area contributed by atoms with E-state index in [1.807, 2.05) is 0 Å². The molecule has 1 aliphatic rings. The monoisotopic (exact) mass is 214 g/mol. The van der Waals surface area contributed by atoms with Gasteiger partial charge in [-0.3, -0.25) is 4.90 Å². The molecule has 0 saturated carbocycles. The highest BCUT2D eigenvalue weighted by molar-refractivity contribution is 4.95. The average molecular weight is 214 g/mol. The lowest BCUT2D eigenvalue weighted by molar-refractivity contribution is 0.114. The molecule has 1 unspecified atom stereocenters. The first-order valence-corrected chi connectivity index (χ1v) is 6.07. The molecule has 0 aromatic carbocycles. The van der Waals surface area contributed by atoms with Gasteiger partial charge in [-0.05, 0) is 52.1 Å². The Kier molecular flexibility index (Phi) is 5.03. The highest BCUT2D eigenvalue weighted by Gasteiger charge is 2.39. The Morgan fingerprint density at radius 1 is 1.47 bits per heavy atom. The molecule has 0 spiro atoms. The van der Waals surface area contributed by atoms with Crippen LogP contribution in [0.4, 0.5) is 0 Å². The summed E-state index contributed by atoms with van der Waals surface area (Å²) in [6.45, 7) is 8.78. The number of hydrogen-bond acceptors (Lipinski definition) is 3. The minimum atomic E-state index is 0.326. The fourth-order valence-corrected chi connectivity index (χ4v) is 2.71. The number of rotatable bonds is 6. The van der Waals surface area contributed by atoms with Gasteiger partial charge in [0.25, 0.3) is 0 Å². The van der Waals surface area contributed by atoms with E-state index in [1.54, 1.807) is 7.11 Å². The molecule has 3 heteroatoms. The zero-order valence-electron chi connectivity index (χ0n) is 10.5. The van der Waals surface area contributed by atoms with Crippen LogP contribution in [0.2, 0.25) is 0 Å². The van der Waals surface area contributed by atoms with Gasteiger partial charge in [0.15, 0.2) is 0 Å². The number of methoxy groups -OCH3 is 1. The van der Waals surface area contributed by atoms with Crippen LogP contribution >= 0.6 is 0 Å². The van der Waals surface area contributed by atoms with E-state index in [9.17, 15) is 0 Å². The third-order valence-electron chi connectivity index (χ3n) is 3.85. The number of nitrogens with zero attached hydrogens (tertiary/aromatic N) is 1. The van der Waals surface area contributed by atoms with E-state index in [1.165, 1.54) is 13.0 Å². The van der Waals surface area contributed by atoms with Crippen molar-refractivity contribution >= 4 is 0 Å². The molecule has 1 fully saturated rings. The molecular weight excluding hydrogens is 188 g/mol. The van der Waals surface area contributed by atoms with Gasteiger partial charge in [-0.1, -0.05) is 0 Å². The van der Waals surface area contributed by atoms with Crippen LogP contribution in [-0.2, 0) is 4.74 Å². The smallest absolute Gasteiger partial charge is 0.0474 e. The van der Waals surface area contributed by atoms with Crippen LogP contribution in [0.3, 0.4) is 0 Å². The number of likely N-dealkylation sites (tertiary alicyclic amines) is 1. The predicted octanol–water partition coefficient (Wildman–Crippen LogP) is 1.47. The van der Waals surface area contributed by atoms with Crippen molar-refractivity contribution in [2.75, 3.05) is 33.4 Å². The highest BCUT2D eigenvalue weighted by atomic mass is 16.5. The molecule has 1 atom stereocenters. The van der Waals surface area contributed by atoms with Crippen LogP contribution in [0.5, 0.6) is 0 Å². The Morgan fingerprint density at radius 2 is 2.20 bits per heavy atom. The first-order valence-electron chi connectivity index (χ1n) is 6.07. The second-order valence-corrected chi connectivity index (χ2v) is 5.05. The van der Waals surface area contributed by atoms with E-state index in [4.69, 9.17) is 10.5 Å². The minimum absolute atomic E-state index is 0.326. The summed E-state index contributed by atoms with van der Waals surface area (Å²) in [4.78, 5) is 2.59. The summed E-state index contributed by atoms with van der Waals surface area (Å²) in [6, 6.07) is 0. The fourth-order valence-electron chi connectivity index (χ4n) is 2.71. The van der Waals surface area contributed by atoms with Crippen LogP contribution in [0.1, 0.15) is 33.1 Å². The van der Waals surface area contributed by atoms with E-state index >= 15 is 0 Å². The maximum absolute atomic E-state index is 5.66. The zero-order chi connectivity index (χ0) is 11.3. The summed E-state index contributed by atoms with van der Waals surface area (Å²) >= 11 is 0. The molecule has 90 valence electrons. The maximum atomic E-state index is 5.66. The van der Waals surface area contributed by atoms with Crippen molar-refractivity contribution in [2.45, 2.75) is 38.6 Å². The van der Waals surface area contributed by atoms with Crippen molar-refractivity contribution in [3.63, 3.8) is 0 Å². The van der Waals surface area contributed by atoms with Crippen LogP contribution in [0.15, 0.2) is 0 Å². The molecule has 0 aromatic heterocycles. The fraction of sp³-hybridized carbons (Fsp3) is 1.00. The van der Waals surface area contributed by atoms with Gasteiger partial charge in [-0.15, -0.1) is 0 Å². The second-order valence-electron chi connectivity index (χ2n) is 5.05. The van der Waals surface area contributed by atoms with Gasteiger partial charge in [-0.2, -0.15) is 0 Å². The first-order chi connectivity index (χ1) is 7.12. The molecule has 0 bridgehead atoms. The predicted molar refractivity (Wildman–Crippen MR) is 63.9 cm³/mol. The van der Waals surface area contributed by atoms with E-state index in [0.717, 1.165) is 38.5 Å². The van der Waals surface area contributed by atoms with Crippen LogP contribution in [0.25, 0.3) is 0 Å². The lowest BCUT2D eigenvalue weighted by atomic mass is 9.86. The summed E-state index contributed by atoms with van der Waals surface area (Å²) < 4.78 is 5.10. The Hall–Kier alpha value is -0.120. The largest absolute Gasteiger partial charge is 0.385 e. The van der Waals surface area contributed by atoms with Crippen molar-refractivity contribution in [1.82, 2.24) is 4.90 Å². The molecule has 1 saturated heterocycles. The summed E-state index contributed by atoms with van der Waals surface area (Å²) in [5.41, 5.74) is 5.98. The first kappa shape index (κ1) is 12.9. The number of nitrogens with two attached hydrogens (primary N) is 1. The summed E-state index contributed by atoms with van der Waals surface area (Å²) in [5.74, 6) is 0.769. The van der Waals surface area contributed by atoms with E-state index in [2.05, 4.69) is 18.7 Å². The number of ether oxygens (including phenoxy) is 1. The van der Waals surface area contributed by atoms with E-state index < -0.39 is 0 Å². The average Bonchev–Trinajstić information content (AvgIpc) is 2.46. The van der Waals surface area contributed by atoms with Gasteiger partial charge in [0.2, 0.25) is 0 Å². The van der Waals surface area contributed by atoms with E-state index in [-0.39, 0.29) is 0 Å². The highest BCUT2D eigenvalue weighted by Crippen LogP contribution is 2.36. The quantitative estimate of drug-likeness (QED) is 0.681. The molecule has 0 radical (unpaired) electrons. The normalized spacial score (nSPS) is 26.0. The van der Waals surface area contributed by atoms with Crippen LogP contribution in [0, 0.1) is 5.92 Å². The molecule has 0 aromatic rings. The maximum Gasteiger partial charge on any atom is 0.0474 e. The van der Waals surface area contributed by atoms with Crippen molar-refractivity contribution in [1.29, 1.82) is 0 Å². The Morgan fingerprint density at radius 3 is 2.80 bits per heavy atom. The lowest BCUT2D eigenvalue weighted by Crippen LogP contribution is -2.43. The molecule has 0 amide bonds. The van der Waals surface area contributed by atoms with Crippen molar-refractivity contribution in [3.8, 4) is 0 Å². The molecular formula is C12H26N2O. The van der Waals surface area contributed by atoms with Gasteiger partial charge < -0.3 is 10.5 Å². The molecule has 1 aliphatic heterocycles. The van der Waals surface area contributed by atoms with Crippen LogP contribution in [-0.4, -0.2) is 43.8 Å². The van der Waals surface area contributed by atoms with Gasteiger partial charge in [-0.25, -0.2) is 0 Å². The third-order valence-corrected chi connectivity index (χ3v) is 3.85. The lowest BCUT2D eigenvalue weighted by Gasteiger charge is -2.36. The zero-order valence-corrected chi connectivity index (χ0v) is 10.5. The number of hydrogen-bond donors (Lipinski definition) is 1.